The first kappa shape index (κ1) is 23.4. The third-order valence-corrected chi connectivity index (χ3v) is 6.01. The van der Waals surface area contributed by atoms with Crippen molar-refractivity contribution in [3.63, 3.8) is 0 Å². The van der Waals surface area contributed by atoms with Gasteiger partial charge < -0.3 is 21.0 Å². The summed E-state index contributed by atoms with van der Waals surface area (Å²) >= 11 is 17.0. The first-order chi connectivity index (χ1) is 15.8. The maximum absolute atomic E-state index is 11.6. The van der Waals surface area contributed by atoms with Gasteiger partial charge in [-0.15, -0.1) is 0 Å². The zero-order valence-corrected chi connectivity index (χ0v) is 19.6. The van der Waals surface area contributed by atoms with Crippen LogP contribution in [-0.4, -0.2) is 31.1 Å². The maximum atomic E-state index is 11.6. The van der Waals surface area contributed by atoms with E-state index in [0.29, 0.717) is 27.3 Å². The van der Waals surface area contributed by atoms with Crippen molar-refractivity contribution >= 4 is 79.7 Å². The molecule has 0 atom stereocenters. The molecule has 0 spiro atoms. The van der Waals surface area contributed by atoms with E-state index in [1.54, 1.807) is 24.5 Å². The van der Waals surface area contributed by atoms with Gasteiger partial charge in [-0.3, -0.25) is 9.59 Å². The van der Waals surface area contributed by atoms with Crippen molar-refractivity contribution < 1.29 is 9.59 Å². The normalized spacial score (nSPS) is 14.8. The molecule has 1 amide bonds. The number of fused-ring (bicyclic) bond motifs is 2. The maximum Gasteiger partial charge on any atom is 0.228 e. The van der Waals surface area contributed by atoms with E-state index in [1.807, 2.05) is 12.1 Å². The van der Waals surface area contributed by atoms with Crippen LogP contribution in [0.4, 0.5) is 11.6 Å². The number of H-pyrrole nitrogens is 2. The second kappa shape index (κ2) is 9.99. The van der Waals surface area contributed by atoms with Crippen LogP contribution in [-0.2, 0) is 9.59 Å². The fourth-order valence-electron chi connectivity index (χ4n) is 2.96. The summed E-state index contributed by atoms with van der Waals surface area (Å²) < 4.78 is 0. The number of halogens is 3. The van der Waals surface area contributed by atoms with Crippen LogP contribution in [0.3, 0.4) is 0 Å². The quantitative estimate of drug-likeness (QED) is 0.271. The number of aromatic nitrogens is 4. The Balaban J connectivity index is 0.000000132. The summed E-state index contributed by atoms with van der Waals surface area (Å²) in [5, 5.41) is 5.61. The molecule has 0 bridgehead atoms. The summed E-state index contributed by atoms with van der Waals surface area (Å²) in [6.45, 7) is 0. The van der Waals surface area contributed by atoms with Gasteiger partial charge >= 0.3 is 0 Å². The molecule has 2 aliphatic rings. The third-order valence-electron chi connectivity index (χ3n) is 5.07. The standard InChI is InChI=1S/C11H10ClN3O.C7H6ClN3.C4H5ClO/c12-8-5-9(15-11(16)6-1-2-6)14-10-7(8)3-4-13-10;8-5-3-6(9)11-7-4(5)1-2-10-7;5-4(6)3-1-2-3/h3-6H,1-2H2,(H2,13,14,15,16);1-3H,(H3,9,10,11);3H,1-2H2. The summed E-state index contributed by atoms with van der Waals surface area (Å²) in [7, 11) is 0. The van der Waals surface area contributed by atoms with Crippen molar-refractivity contribution in [1.82, 2.24) is 19.9 Å². The number of hydrogen-bond acceptors (Lipinski definition) is 5. The van der Waals surface area contributed by atoms with Gasteiger partial charge in [-0.1, -0.05) is 23.2 Å². The van der Waals surface area contributed by atoms with Gasteiger partial charge in [-0.2, -0.15) is 0 Å². The van der Waals surface area contributed by atoms with E-state index in [1.165, 1.54) is 0 Å². The van der Waals surface area contributed by atoms with Crippen LogP contribution in [0.25, 0.3) is 22.1 Å². The van der Waals surface area contributed by atoms with E-state index in [9.17, 15) is 9.59 Å². The lowest BCUT2D eigenvalue weighted by molar-refractivity contribution is -0.117. The Morgan fingerprint density at radius 2 is 1.45 bits per heavy atom. The highest BCUT2D eigenvalue weighted by Crippen LogP contribution is 2.31. The van der Waals surface area contributed by atoms with Crippen molar-refractivity contribution in [1.29, 1.82) is 0 Å². The van der Waals surface area contributed by atoms with E-state index >= 15 is 0 Å². The molecule has 0 aliphatic heterocycles. The SMILES string of the molecule is Nc1cc(Cl)c2cc[nH]c2n1.O=C(Cl)C1CC1.O=C(Nc1cc(Cl)c2cc[nH]c2n1)C1CC1. The molecule has 172 valence electrons. The Kier molecular flexibility index (Phi) is 7.07. The number of rotatable bonds is 3. The Labute approximate surface area is 204 Å². The smallest absolute Gasteiger partial charge is 0.228 e. The minimum Gasteiger partial charge on any atom is -0.384 e. The molecule has 0 aromatic carbocycles. The number of carbonyl (C=O) groups excluding carboxylic acids is 2. The van der Waals surface area contributed by atoms with Gasteiger partial charge in [-0.05, 0) is 55.5 Å². The van der Waals surface area contributed by atoms with Crippen LogP contribution < -0.4 is 11.1 Å². The number of pyridine rings is 2. The van der Waals surface area contributed by atoms with E-state index in [4.69, 9.17) is 40.5 Å². The monoisotopic (exact) mass is 506 g/mol. The van der Waals surface area contributed by atoms with Gasteiger partial charge in [0.1, 0.15) is 22.9 Å². The van der Waals surface area contributed by atoms with Crippen molar-refractivity contribution in [2.45, 2.75) is 25.7 Å². The molecule has 6 rings (SSSR count). The second-order valence-corrected chi connectivity index (χ2v) is 9.03. The molecule has 4 aromatic rings. The van der Waals surface area contributed by atoms with Gasteiger partial charge in [0.25, 0.3) is 0 Å². The Hall–Kier alpha value is -2.81. The van der Waals surface area contributed by atoms with Gasteiger partial charge in [0.15, 0.2) is 0 Å². The van der Waals surface area contributed by atoms with Crippen molar-refractivity contribution in [3.8, 4) is 0 Å². The molecule has 4 aromatic heterocycles. The van der Waals surface area contributed by atoms with Crippen LogP contribution in [0.1, 0.15) is 25.7 Å². The van der Waals surface area contributed by atoms with Crippen LogP contribution in [0, 0.1) is 11.8 Å². The molecule has 0 saturated heterocycles. The van der Waals surface area contributed by atoms with Crippen molar-refractivity contribution in [3.05, 3.63) is 46.7 Å². The minimum absolute atomic E-state index is 0.0365. The number of nitrogen functional groups attached to an aromatic ring is 1. The fraction of sp³-hybridized carbons (Fsp3) is 0.273. The van der Waals surface area contributed by atoms with Crippen LogP contribution in [0.15, 0.2) is 36.7 Å². The molecule has 2 fully saturated rings. The van der Waals surface area contributed by atoms with E-state index in [2.05, 4.69) is 25.3 Å². The number of nitrogens with two attached hydrogens (primary N) is 1. The average molecular weight is 508 g/mol. The molecular weight excluding hydrogens is 487 g/mol. The number of amides is 1. The predicted octanol–water partition coefficient (Wildman–Crippen LogP) is 5.53. The zero-order chi connectivity index (χ0) is 23.5. The lowest BCUT2D eigenvalue weighted by Gasteiger charge is -2.04. The highest BCUT2D eigenvalue weighted by atomic mass is 35.5. The molecule has 0 radical (unpaired) electrons. The van der Waals surface area contributed by atoms with Crippen molar-refractivity contribution in [2.75, 3.05) is 11.1 Å². The summed E-state index contributed by atoms with van der Waals surface area (Å²) in [6, 6.07) is 7.04. The molecule has 2 saturated carbocycles. The largest absolute Gasteiger partial charge is 0.384 e. The number of aromatic amines is 2. The average Bonchev–Trinajstić information content (AvgIpc) is 3.68. The van der Waals surface area contributed by atoms with Gasteiger partial charge in [0.2, 0.25) is 11.1 Å². The number of nitrogens with zero attached hydrogens (tertiary/aromatic N) is 2. The van der Waals surface area contributed by atoms with Crippen LogP contribution in [0.2, 0.25) is 10.0 Å². The minimum atomic E-state index is -0.157. The first-order valence-corrected chi connectivity index (χ1v) is 11.5. The van der Waals surface area contributed by atoms with Crippen LogP contribution in [0.5, 0.6) is 0 Å². The summed E-state index contributed by atoms with van der Waals surface area (Å²) in [6.07, 6.45) is 7.54. The third kappa shape index (κ3) is 6.16. The van der Waals surface area contributed by atoms with Crippen molar-refractivity contribution in [2.24, 2.45) is 11.8 Å². The van der Waals surface area contributed by atoms with Gasteiger partial charge in [0.05, 0.1) is 10.0 Å². The van der Waals surface area contributed by atoms with E-state index < -0.39 is 0 Å². The molecule has 0 unspecified atom stereocenters. The van der Waals surface area contributed by atoms with E-state index in [-0.39, 0.29) is 23.0 Å². The molecule has 8 nitrogen and oxygen atoms in total. The topological polar surface area (TPSA) is 130 Å². The van der Waals surface area contributed by atoms with Crippen LogP contribution >= 0.6 is 34.8 Å². The molecular formula is C22H21Cl3N6O2. The highest BCUT2D eigenvalue weighted by Gasteiger charge is 2.30. The number of hydrogen-bond donors (Lipinski definition) is 4. The number of nitrogens with one attached hydrogen (secondary N) is 3. The first-order valence-electron chi connectivity index (χ1n) is 10.3. The molecule has 33 heavy (non-hydrogen) atoms. The second-order valence-electron chi connectivity index (χ2n) is 7.84. The molecule has 2 aliphatic carbocycles. The lowest BCUT2D eigenvalue weighted by Crippen LogP contribution is -2.14. The zero-order valence-electron chi connectivity index (χ0n) is 17.4. The fourth-order valence-corrected chi connectivity index (χ4v) is 3.70. The molecule has 5 N–H and O–H groups in total. The van der Waals surface area contributed by atoms with Gasteiger partial charge in [0, 0.05) is 41.1 Å². The predicted molar refractivity (Wildman–Crippen MR) is 132 cm³/mol. The molecule has 11 heteroatoms. The van der Waals surface area contributed by atoms with Gasteiger partial charge in [-0.25, -0.2) is 9.97 Å². The number of anilines is 2. The highest BCUT2D eigenvalue weighted by molar-refractivity contribution is 6.64. The number of carbonyl (C=O) groups is 2. The lowest BCUT2D eigenvalue weighted by atomic mass is 10.3. The molecule has 4 heterocycles. The Morgan fingerprint density at radius 1 is 0.909 bits per heavy atom. The Bertz CT molecular complexity index is 1310. The summed E-state index contributed by atoms with van der Waals surface area (Å²) in [5.74, 6) is 1.38. The van der Waals surface area contributed by atoms with E-state index in [0.717, 1.165) is 42.1 Å². The summed E-state index contributed by atoms with van der Waals surface area (Å²) in [5.41, 5.74) is 6.89. The summed E-state index contributed by atoms with van der Waals surface area (Å²) in [4.78, 5) is 35.7. The Morgan fingerprint density at radius 3 is 1.97 bits per heavy atom.